The molecule has 0 unspecified atom stereocenters. The fourth-order valence-corrected chi connectivity index (χ4v) is 2.17. The van der Waals surface area contributed by atoms with Crippen molar-refractivity contribution in [2.24, 2.45) is 0 Å². The maximum absolute atomic E-state index is 9.00. The van der Waals surface area contributed by atoms with Gasteiger partial charge in [-0.1, -0.05) is 6.07 Å². The topological polar surface area (TPSA) is 71.9 Å². The molecule has 2 N–H and O–H groups in total. The monoisotopic (exact) mass is 275 g/mol. The van der Waals surface area contributed by atoms with Gasteiger partial charge in [0.15, 0.2) is 0 Å². The van der Waals surface area contributed by atoms with Crippen LogP contribution in [0.1, 0.15) is 11.1 Å². The summed E-state index contributed by atoms with van der Waals surface area (Å²) in [5.74, 6) is 1.36. The third kappa shape index (κ3) is 2.37. The molecule has 0 bridgehead atoms. The van der Waals surface area contributed by atoms with E-state index in [1.807, 2.05) is 25.1 Å². The summed E-state index contributed by atoms with van der Waals surface area (Å²) >= 11 is 0. The Balaban J connectivity index is 2.11. The molecule has 4 nitrogen and oxygen atoms in total. The third-order valence-electron chi connectivity index (χ3n) is 3.35. The molecule has 1 aromatic heterocycles. The Morgan fingerprint density at radius 3 is 2.76 bits per heavy atom. The molecule has 1 heterocycles. The van der Waals surface area contributed by atoms with Gasteiger partial charge in [0, 0.05) is 28.9 Å². The summed E-state index contributed by atoms with van der Waals surface area (Å²) < 4.78 is 5.99. The molecule has 3 rings (SSSR count). The molecule has 0 saturated carbocycles. The lowest BCUT2D eigenvalue weighted by Gasteiger charge is -2.12. The first kappa shape index (κ1) is 12.9. The average Bonchev–Trinajstić information content (AvgIpc) is 2.52. The minimum atomic E-state index is 0.567. The zero-order valence-electron chi connectivity index (χ0n) is 11.5. The average molecular weight is 275 g/mol. The number of nitrogen functional groups attached to an aromatic ring is 1. The van der Waals surface area contributed by atoms with Gasteiger partial charge >= 0.3 is 0 Å². The zero-order chi connectivity index (χ0) is 14.8. The number of fused-ring (bicyclic) bond motifs is 1. The molecule has 0 amide bonds. The number of pyridine rings is 1. The van der Waals surface area contributed by atoms with Gasteiger partial charge < -0.3 is 10.5 Å². The first-order valence-corrected chi connectivity index (χ1v) is 6.50. The van der Waals surface area contributed by atoms with Crippen molar-refractivity contribution in [3.05, 3.63) is 59.9 Å². The van der Waals surface area contributed by atoms with Crippen LogP contribution in [-0.2, 0) is 0 Å². The smallest absolute Gasteiger partial charge is 0.135 e. The molecule has 2 aromatic carbocycles. The van der Waals surface area contributed by atoms with Crippen LogP contribution in [-0.4, -0.2) is 4.98 Å². The van der Waals surface area contributed by atoms with E-state index in [0.29, 0.717) is 22.7 Å². The number of hydrogen-bond acceptors (Lipinski definition) is 4. The van der Waals surface area contributed by atoms with Gasteiger partial charge in [-0.15, -0.1) is 0 Å². The van der Waals surface area contributed by atoms with Crippen molar-refractivity contribution >= 4 is 16.5 Å². The van der Waals surface area contributed by atoms with Gasteiger partial charge in [0.05, 0.1) is 11.6 Å². The SMILES string of the molecule is Cc1ccc(C#N)cc1Oc1ccc(N)c2cnccc12. The molecule has 4 heteroatoms. The number of nitrogens with two attached hydrogens (primary N) is 1. The van der Waals surface area contributed by atoms with Crippen LogP contribution in [0.15, 0.2) is 48.8 Å². The standard InChI is InChI=1S/C17H13N3O/c1-11-2-3-12(9-18)8-17(11)21-16-5-4-15(19)14-10-20-7-6-13(14)16/h2-8,10H,19H2,1H3. The Hall–Kier alpha value is -3.06. The number of nitrogens with zero attached hydrogens (tertiary/aromatic N) is 2. The van der Waals surface area contributed by atoms with Gasteiger partial charge in [-0.05, 0) is 42.8 Å². The molecule has 102 valence electrons. The highest BCUT2D eigenvalue weighted by Gasteiger charge is 2.08. The maximum atomic E-state index is 9.00. The third-order valence-corrected chi connectivity index (χ3v) is 3.35. The molecular weight excluding hydrogens is 262 g/mol. The number of anilines is 1. The second kappa shape index (κ2) is 5.14. The molecule has 0 aliphatic rings. The van der Waals surface area contributed by atoms with Crippen LogP contribution in [0.2, 0.25) is 0 Å². The number of rotatable bonds is 2. The summed E-state index contributed by atoms with van der Waals surface area (Å²) in [7, 11) is 0. The lowest BCUT2D eigenvalue weighted by atomic mass is 10.1. The minimum Gasteiger partial charge on any atom is -0.456 e. The summed E-state index contributed by atoms with van der Waals surface area (Å²) in [6.45, 7) is 1.94. The van der Waals surface area contributed by atoms with E-state index >= 15 is 0 Å². The van der Waals surface area contributed by atoms with Crippen LogP contribution in [0.3, 0.4) is 0 Å². The van der Waals surface area contributed by atoms with Crippen molar-refractivity contribution in [3.63, 3.8) is 0 Å². The van der Waals surface area contributed by atoms with E-state index in [0.717, 1.165) is 16.3 Å². The van der Waals surface area contributed by atoms with Crippen molar-refractivity contribution < 1.29 is 4.74 Å². The van der Waals surface area contributed by atoms with Gasteiger partial charge in [0.2, 0.25) is 0 Å². The van der Waals surface area contributed by atoms with E-state index in [1.165, 1.54) is 0 Å². The summed E-state index contributed by atoms with van der Waals surface area (Å²) in [6, 6.07) is 13.0. The van der Waals surface area contributed by atoms with Crippen molar-refractivity contribution in [3.8, 4) is 17.6 Å². The number of ether oxygens (including phenoxy) is 1. The van der Waals surface area contributed by atoms with E-state index in [9.17, 15) is 0 Å². The zero-order valence-corrected chi connectivity index (χ0v) is 11.5. The van der Waals surface area contributed by atoms with Crippen LogP contribution < -0.4 is 10.5 Å². The van der Waals surface area contributed by atoms with E-state index in [4.69, 9.17) is 15.7 Å². The normalized spacial score (nSPS) is 10.3. The molecule has 0 spiro atoms. The molecule has 0 radical (unpaired) electrons. The van der Waals surface area contributed by atoms with E-state index < -0.39 is 0 Å². The second-order valence-electron chi connectivity index (χ2n) is 4.77. The Labute approximate surface area is 122 Å². The van der Waals surface area contributed by atoms with E-state index in [-0.39, 0.29) is 0 Å². The molecule has 0 fully saturated rings. The highest BCUT2D eigenvalue weighted by atomic mass is 16.5. The lowest BCUT2D eigenvalue weighted by molar-refractivity contribution is 0.484. The van der Waals surface area contributed by atoms with Gasteiger partial charge in [-0.3, -0.25) is 4.98 Å². The van der Waals surface area contributed by atoms with Gasteiger partial charge in [0.1, 0.15) is 11.5 Å². The minimum absolute atomic E-state index is 0.567. The predicted molar refractivity (Wildman–Crippen MR) is 82.1 cm³/mol. The quantitative estimate of drug-likeness (QED) is 0.722. The maximum Gasteiger partial charge on any atom is 0.135 e. The lowest BCUT2D eigenvalue weighted by Crippen LogP contribution is -1.93. The van der Waals surface area contributed by atoms with Crippen LogP contribution in [0.4, 0.5) is 5.69 Å². The first-order chi connectivity index (χ1) is 10.2. The Bertz CT molecular complexity index is 866. The number of hydrogen-bond donors (Lipinski definition) is 1. The molecule has 0 atom stereocenters. The summed E-state index contributed by atoms with van der Waals surface area (Å²) in [4.78, 5) is 4.09. The van der Waals surface area contributed by atoms with E-state index in [1.54, 1.807) is 30.6 Å². The number of benzene rings is 2. The molecule has 0 aliphatic heterocycles. The Morgan fingerprint density at radius 1 is 1.10 bits per heavy atom. The largest absolute Gasteiger partial charge is 0.456 e. The molecule has 0 aliphatic carbocycles. The van der Waals surface area contributed by atoms with Crippen LogP contribution in [0.5, 0.6) is 11.5 Å². The Kier molecular flexibility index (Phi) is 3.17. The molecular formula is C17H13N3O. The number of aryl methyl sites for hydroxylation is 1. The summed E-state index contributed by atoms with van der Waals surface area (Å²) in [6.07, 6.45) is 3.42. The van der Waals surface area contributed by atoms with Crippen molar-refractivity contribution in [2.75, 3.05) is 5.73 Å². The van der Waals surface area contributed by atoms with Gasteiger partial charge in [-0.2, -0.15) is 5.26 Å². The fourth-order valence-electron chi connectivity index (χ4n) is 2.17. The first-order valence-electron chi connectivity index (χ1n) is 6.50. The van der Waals surface area contributed by atoms with Crippen LogP contribution in [0.25, 0.3) is 10.8 Å². The van der Waals surface area contributed by atoms with Crippen LogP contribution >= 0.6 is 0 Å². The number of aromatic nitrogens is 1. The highest BCUT2D eigenvalue weighted by Crippen LogP contribution is 2.34. The van der Waals surface area contributed by atoms with Crippen molar-refractivity contribution in [1.29, 1.82) is 5.26 Å². The van der Waals surface area contributed by atoms with Crippen molar-refractivity contribution in [2.45, 2.75) is 6.92 Å². The molecule has 21 heavy (non-hydrogen) atoms. The number of nitriles is 1. The fraction of sp³-hybridized carbons (Fsp3) is 0.0588. The molecule has 0 saturated heterocycles. The van der Waals surface area contributed by atoms with Crippen molar-refractivity contribution in [1.82, 2.24) is 4.98 Å². The van der Waals surface area contributed by atoms with Gasteiger partial charge in [-0.25, -0.2) is 0 Å². The summed E-state index contributed by atoms with van der Waals surface area (Å²) in [5, 5.41) is 10.7. The van der Waals surface area contributed by atoms with E-state index in [2.05, 4.69) is 11.1 Å². The van der Waals surface area contributed by atoms with Crippen LogP contribution in [0, 0.1) is 18.3 Å². The summed E-state index contributed by atoms with van der Waals surface area (Å²) in [5.41, 5.74) is 8.15. The Morgan fingerprint density at radius 2 is 1.95 bits per heavy atom. The van der Waals surface area contributed by atoms with Gasteiger partial charge in [0.25, 0.3) is 0 Å². The predicted octanol–water partition coefficient (Wildman–Crippen LogP) is 3.79. The second-order valence-corrected chi connectivity index (χ2v) is 4.77. The highest BCUT2D eigenvalue weighted by molar-refractivity contribution is 5.96. The molecule has 3 aromatic rings.